The van der Waals surface area contributed by atoms with Gasteiger partial charge in [0.2, 0.25) is 5.91 Å². The molecule has 25 heavy (non-hydrogen) atoms. The van der Waals surface area contributed by atoms with Gasteiger partial charge in [-0.05, 0) is 50.1 Å². The summed E-state index contributed by atoms with van der Waals surface area (Å²) in [7, 11) is 2.14. The Morgan fingerprint density at radius 1 is 1.28 bits per heavy atom. The van der Waals surface area contributed by atoms with Gasteiger partial charge in [0.1, 0.15) is 6.54 Å². The van der Waals surface area contributed by atoms with Crippen LogP contribution in [0.5, 0.6) is 0 Å². The zero-order valence-electron chi connectivity index (χ0n) is 14.9. The van der Waals surface area contributed by atoms with Gasteiger partial charge in [-0.2, -0.15) is 0 Å². The molecule has 0 radical (unpaired) electrons. The first-order chi connectivity index (χ1) is 12.1. The van der Waals surface area contributed by atoms with Gasteiger partial charge in [-0.3, -0.25) is 4.79 Å². The SMILES string of the molecule is CN1CCc2c(n(CC(=O)NC3CCCCC3)c3ccc(Cl)cc23)C1. The third-order valence-corrected chi connectivity index (χ3v) is 5.92. The molecule has 5 heteroatoms. The maximum absolute atomic E-state index is 12.7. The fraction of sp³-hybridized carbons (Fsp3) is 0.550. The second-order valence-corrected chi connectivity index (χ2v) is 8.00. The maximum atomic E-state index is 12.7. The van der Waals surface area contributed by atoms with E-state index in [2.05, 4.69) is 34.0 Å². The number of carbonyl (C=O) groups is 1. The number of nitrogens with zero attached hydrogens (tertiary/aromatic N) is 2. The van der Waals surface area contributed by atoms with Gasteiger partial charge in [0.25, 0.3) is 0 Å². The molecule has 4 rings (SSSR count). The molecule has 1 aliphatic carbocycles. The second kappa shape index (κ2) is 7.00. The molecule has 2 aromatic rings. The zero-order chi connectivity index (χ0) is 17.4. The predicted molar refractivity (Wildman–Crippen MR) is 102 cm³/mol. The highest BCUT2D eigenvalue weighted by molar-refractivity contribution is 6.31. The molecule has 1 aromatic carbocycles. The highest BCUT2D eigenvalue weighted by Gasteiger charge is 2.24. The minimum Gasteiger partial charge on any atom is -0.352 e. The lowest BCUT2D eigenvalue weighted by Gasteiger charge is -2.25. The van der Waals surface area contributed by atoms with E-state index in [4.69, 9.17) is 11.6 Å². The predicted octanol–water partition coefficient (Wildman–Crippen LogP) is 3.73. The van der Waals surface area contributed by atoms with Gasteiger partial charge in [0, 0.05) is 40.8 Å². The fourth-order valence-corrected chi connectivity index (χ4v) is 4.56. The van der Waals surface area contributed by atoms with Crippen LogP contribution in [0.1, 0.15) is 43.4 Å². The number of carbonyl (C=O) groups excluding carboxylic acids is 1. The van der Waals surface area contributed by atoms with Crippen molar-refractivity contribution in [2.75, 3.05) is 13.6 Å². The van der Waals surface area contributed by atoms with Gasteiger partial charge < -0.3 is 14.8 Å². The van der Waals surface area contributed by atoms with Gasteiger partial charge >= 0.3 is 0 Å². The van der Waals surface area contributed by atoms with E-state index in [-0.39, 0.29) is 5.91 Å². The Hall–Kier alpha value is -1.52. The quantitative estimate of drug-likeness (QED) is 0.906. The Balaban J connectivity index is 1.64. The summed E-state index contributed by atoms with van der Waals surface area (Å²) in [6.07, 6.45) is 7.02. The fourth-order valence-electron chi connectivity index (χ4n) is 4.39. The van der Waals surface area contributed by atoms with Gasteiger partial charge in [-0.1, -0.05) is 30.9 Å². The van der Waals surface area contributed by atoms with Crippen LogP contribution in [-0.2, 0) is 24.3 Å². The van der Waals surface area contributed by atoms with Crippen LogP contribution in [0.2, 0.25) is 5.02 Å². The maximum Gasteiger partial charge on any atom is 0.240 e. The number of benzene rings is 1. The molecule has 1 saturated carbocycles. The first-order valence-electron chi connectivity index (χ1n) is 9.39. The van der Waals surface area contributed by atoms with Gasteiger partial charge in [0.05, 0.1) is 0 Å². The van der Waals surface area contributed by atoms with E-state index in [0.29, 0.717) is 12.6 Å². The summed E-state index contributed by atoms with van der Waals surface area (Å²) in [5, 5.41) is 5.22. The van der Waals surface area contributed by atoms with Crippen molar-refractivity contribution in [3.63, 3.8) is 0 Å². The van der Waals surface area contributed by atoms with Crippen LogP contribution in [0.25, 0.3) is 10.9 Å². The number of halogens is 1. The Morgan fingerprint density at radius 3 is 2.88 bits per heavy atom. The van der Waals surface area contributed by atoms with Crippen LogP contribution in [0.3, 0.4) is 0 Å². The zero-order valence-corrected chi connectivity index (χ0v) is 15.6. The molecular formula is C20H26ClN3O. The highest BCUT2D eigenvalue weighted by atomic mass is 35.5. The summed E-state index contributed by atoms with van der Waals surface area (Å²) in [5.74, 6) is 0.134. The highest BCUT2D eigenvalue weighted by Crippen LogP contribution is 2.32. The summed E-state index contributed by atoms with van der Waals surface area (Å²) >= 11 is 6.23. The lowest BCUT2D eigenvalue weighted by molar-refractivity contribution is -0.122. The molecule has 1 aromatic heterocycles. The molecule has 1 aliphatic heterocycles. The lowest BCUT2D eigenvalue weighted by atomic mass is 9.95. The standard InChI is InChI=1S/C20H26ClN3O/c1-23-10-9-16-17-11-14(21)7-8-18(17)24(19(16)12-23)13-20(25)22-15-5-3-2-4-6-15/h7-8,11,15H,2-6,9-10,12-13H2,1H3,(H,22,25). The number of likely N-dealkylation sites (N-methyl/N-ethyl adjacent to an activating group) is 1. The van der Waals surface area contributed by atoms with Crippen molar-refractivity contribution < 1.29 is 4.79 Å². The van der Waals surface area contributed by atoms with Crippen LogP contribution in [0.15, 0.2) is 18.2 Å². The molecule has 2 aliphatic rings. The first kappa shape index (κ1) is 16.9. The molecule has 0 atom stereocenters. The number of rotatable bonds is 3. The Morgan fingerprint density at radius 2 is 2.08 bits per heavy atom. The number of hydrogen-bond acceptors (Lipinski definition) is 2. The summed E-state index contributed by atoms with van der Waals surface area (Å²) in [6, 6.07) is 6.39. The van der Waals surface area contributed by atoms with Crippen molar-refractivity contribution in [2.45, 2.75) is 57.7 Å². The van der Waals surface area contributed by atoms with E-state index < -0.39 is 0 Å². The number of nitrogens with one attached hydrogen (secondary N) is 1. The third kappa shape index (κ3) is 3.42. The summed E-state index contributed by atoms with van der Waals surface area (Å²) < 4.78 is 2.20. The van der Waals surface area contributed by atoms with E-state index in [0.717, 1.165) is 42.9 Å². The monoisotopic (exact) mass is 359 g/mol. The van der Waals surface area contributed by atoms with E-state index in [1.807, 2.05) is 6.07 Å². The van der Waals surface area contributed by atoms with E-state index in [1.165, 1.54) is 35.9 Å². The van der Waals surface area contributed by atoms with Crippen LogP contribution < -0.4 is 5.32 Å². The molecule has 1 fully saturated rings. The molecule has 134 valence electrons. The number of amides is 1. The van der Waals surface area contributed by atoms with Crippen LogP contribution in [0.4, 0.5) is 0 Å². The van der Waals surface area contributed by atoms with Gasteiger partial charge in [-0.25, -0.2) is 0 Å². The Labute approximate surface area is 154 Å². The molecule has 0 spiro atoms. The minimum atomic E-state index is 0.134. The summed E-state index contributed by atoms with van der Waals surface area (Å²) in [6.45, 7) is 2.34. The average Bonchev–Trinajstić information content (AvgIpc) is 2.88. The molecule has 2 heterocycles. The molecule has 0 unspecified atom stereocenters. The molecule has 4 nitrogen and oxygen atoms in total. The molecule has 0 saturated heterocycles. The normalized spacial score (nSPS) is 19.1. The smallest absolute Gasteiger partial charge is 0.240 e. The Bertz CT molecular complexity index is 792. The molecule has 1 amide bonds. The van der Waals surface area contributed by atoms with Crippen LogP contribution in [0, 0.1) is 0 Å². The van der Waals surface area contributed by atoms with Crippen LogP contribution in [-0.4, -0.2) is 35.0 Å². The Kier molecular flexibility index (Phi) is 4.74. The second-order valence-electron chi connectivity index (χ2n) is 7.56. The summed E-state index contributed by atoms with van der Waals surface area (Å²) in [4.78, 5) is 15.0. The van der Waals surface area contributed by atoms with Crippen molar-refractivity contribution >= 4 is 28.4 Å². The van der Waals surface area contributed by atoms with E-state index in [9.17, 15) is 4.79 Å². The largest absolute Gasteiger partial charge is 0.352 e. The van der Waals surface area contributed by atoms with Crippen molar-refractivity contribution in [1.82, 2.24) is 14.8 Å². The van der Waals surface area contributed by atoms with Crippen molar-refractivity contribution in [3.05, 3.63) is 34.5 Å². The molecular weight excluding hydrogens is 334 g/mol. The minimum absolute atomic E-state index is 0.134. The van der Waals surface area contributed by atoms with Crippen LogP contribution >= 0.6 is 11.6 Å². The summed E-state index contributed by atoms with van der Waals surface area (Å²) in [5.41, 5.74) is 3.76. The average molecular weight is 360 g/mol. The van der Waals surface area contributed by atoms with E-state index in [1.54, 1.807) is 0 Å². The van der Waals surface area contributed by atoms with Crippen molar-refractivity contribution in [1.29, 1.82) is 0 Å². The van der Waals surface area contributed by atoms with Crippen molar-refractivity contribution in [3.8, 4) is 0 Å². The first-order valence-corrected chi connectivity index (χ1v) is 9.77. The topological polar surface area (TPSA) is 37.3 Å². The van der Waals surface area contributed by atoms with Gasteiger partial charge in [-0.15, -0.1) is 0 Å². The van der Waals surface area contributed by atoms with Crippen molar-refractivity contribution in [2.24, 2.45) is 0 Å². The molecule has 1 N–H and O–H groups in total. The number of hydrogen-bond donors (Lipinski definition) is 1. The van der Waals surface area contributed by atoms with E-state index >= 15 is 0 Å². The number of aromatic nitrogens is 1. The third-order valence-electron chi connectivity index (χ3n) is 5.68. The lowest BCUT2D eigenvalue weighted by Crippen LogP contribution is -2.38. The molecule has 0 bridgehead atoms. The number of fused-ring (bicyclic) bond motifs is 3. The van der Waals surface area contributed by atoms with Gasteiger partial charge in [0.15, 0.2) is 0 Å².